The molecule has 0 saturated carbocycles. The molecule has 1 aliphatic rings. The minimum absolute atomic E-state index is 0.0195. The molecule has 1 fully saturated rings. The van der Waals surface area contributed by atoms with Crippen LogP contribution in [-0.2, 0) is 19.1 Å². The molecule has 0 spiro atoms. The lowest BCUT2D eigenvalue weighted by molar-refractivity contribution is -0.147. The lowest BCUT2D eigenvalue weighted by Crippen LogP contribution is -2.19. The minimum Gasteiger partial charge on any atom is -0.493 e. The van der Waals surface area contributed by atoms with E-state index in [9.17, 15) is 9.59 Å². The van der Waals surface area contributed by atoms with Gasteiger partial charge in [-0.05, 0) is 17.7 Å². The van der Waals surface area contributed by atoms with Crippen molar-refractivity contribution >= 4 is 11.9 Å². The summed E-state index contributed by atoms with van der Waals surface area (Å²) in [6.45, 7) is 0. The molecule has 1 aromatic carbocycles. The van der Waals surface area contributed by atoms with Crippen LogP contribution in [0.25, 0.3) is 0 Å². The van der Waals surface area contributed by atoms with Crippen molar-refractivity contribution in [1.82, 2.24) is 0 Å². The molecule has 0 aliphatic carbocycles. The first kappa shape index (κ1) is 14.2. The van der Waals surface area contributed by atoms with Gasteiger partial charge in [-0.25, -0.2) is 0 Å². The van der Waals surface area contributed by atoms with Crippen LogP contribution >= 0.6 is 0 Å². The number of hydrogen-bond donors (Lipinski definition) is 0. The summed E-state index contributed by atoms with van der Waals surface area (Å²) in [6.07, 6.45) is -0.638. The highest BCUT2D eigenvalue weighted by atomic mass is 16.6. The Labute approximate surface area is 116 Å². The summed E-state index contributed by atoms with van der Waals surface area (Å²) in [7, 11) is 4.33. The van der Waals surface area contributed by atoms with Crippen molar-refractivity contribution in [2.24, 2.45) is 5.92 Å². The summed E-state index contributed by atoms with van der Waals surface area (Å²) in [5.74, 6) is -0.437. The van der Waals surface area contributed by atoms with Crippen molar-refractivity contribution < 1.29 is 28.5 Å². The number of cyclic esters (lactones) is 1. The van der Waals surface area contributed by atoms with Crippen LogP contribution in [0.15, 0.2) is 18.2 Å². The maximum absolute atomic E-state index is 11.7. The van der Waals surface area contributed by atoms with Gasteiger partial charge >= 0.3 is 11.9 Å². The van der Waals surface area contributed by atoms with Crippen molar-refractivity contribution in [3.63, 3.8) is 0 Å². The van der Waals surface area contributed by atoms with E-state index >= 15 is 0 Å². The first-order valence-electron chi connectivity index (χ1n) is 6.10. The molecule has 0 N–H and O–H groups in total. The van der Waals surface area contributed by atoms with Gasteiger partial charge in [0.2, 0.25) is 0 Å². The van der Waals surface area contributed by atoms with E-state index in [-0.39, 0.29) is 6.42 Å². The largest absolute Gasteiger partial charge is 0.493 e. The summed E-state index contributed by atoms with van der Waals surface area (Å²) in [5.41, 5.74) is 0.670. The van der Waals surface area contributed by atoms with Gasteiger partial charge in [-0.3, -0.25) is 9.59 Å². The maximum atomic E-state index is 11.7. The fraction of sp³-hybridized carbons (Fsp3) is 0.429. The Bertz CT molecular complexity index is 524. The molecule has 1 aliphatic heterocycles. The van der Waals surface area contributed by atoms with Crippen LogP contribution < -0.4 is 9.47 Å². The van der Waals surface area contributed by atoms with E-state index in [0.717, 1.165) is 0 Å². The molecule has 1 saturated heterocycles. The molecule has 0 radical (unpaired) electrons. The van der Waals surface area contributed by atoms with Gasteiger partial charge in [-0.2, -0.15) is 0 Å². The smallest absolute Gasteiger partial charge is 0.313 e. The summed E-state index contributed by atoms with van der Waals surface area (Å²) in [5, 5.41) is 0. The molecule has 0 unspecified atom stereocenters. The molecule has 6 nitrogen and oxygen atoms in total. The average molecular weight is 280 g/mol. The van der Waals surface area contributed by atoms with Crippen molar-refractivity contribution in [3.05, 3.63) is 23.8 Å². The molecule has 1 heterocycles. The number of methoxy groups -OCH3 is 3. The van der Waals surface area contributed by atoms with Crippen LogP contribution in [-0.4, -0.2) is 33.3 Å². The normalized spacial score (nSPS) is 21.2. The highest BCUT2D eigenvalue weighted by Gasteiger charge is 2.41. The third-order valence-electron chi connectivity index (χ3n) is 3.25. The monoisotopic (exact) mass is 280 g/mol. The predicted molar refractivity (Wildman–Crippen MR) is 68.5 cm³/mol. The van der Waals surface area contributed by atoms with E-state index in [1.165, 1.54) is 21.3 Å². The van der Waals surface area contributed by atoms with Gasteiger partial charge in [0.15, 0.2) is 11.5 Å². The molecule has 0 bridgehead atoms. The van der Waals surface area contributed by atoms with Crippen LogP contribution in [0.3, 0.4) is 0 Å². The van der Waals surface area contributed by atoms with E-state index in [1.807, 2.05) is 0 Å². The van der Waals surface area contributed by atoms with Gasteiger partial charge in [-0.1, -0.05) is 6.07 Å². The van der Waals surface area contributed by atoms with Crippen LogP contribution in [0.2, 0.25) is 0 Å². The third-order valence-corrected chi connectivity index (χ3v) is 3.25. The first-order chi connectivity index (χ1) is 9.60. The number of esters is 2. The topological polar surface area (TPSA) is 71.1 Å². The Morgan fingerprint density at radius 1 is 1.20 bits per heavy atom. The molecular formula is C14H16O6. The van der Waals surface area contributed by atoms with Gasteiger partial charge < -0.3 is 18.9 Å². The van der Waals surface area contributed by atoms with Crippen molar-refractivity contribution in [1.29, 1.82) is 0 Å². The number of carbonyl (C=O) groups is 2. The van der Waals surface area contributed by atoms with Crippen LogP contribution in [0.5, 0.6) is 11.5 Å². The predicted octanol–water partition coefficient (Wildman–Crippen LogP) is 1.48. The van der Waals surface area contributed by atoms with Crippen molar-refractivity contribution in [2.45, 2.75) is 12.5 Å². The third kappa shape index (κ3) is 2.54. The number of carbonyl (C=O) groups excluding carboxylic acids is 2. The van der Waals surface area contributed by atoms with E-state index in [1.54, 1.807) is 18.2 Å². The van der Waals surface area contributed by atoms with Crippen LogP contribution in [0.4, 0.5) is 0 Å². The van der Waals surface area contributed by atoms with Crippen LogP contribution in [0, 0.1) is 5.92 Å². The van der Waals surface area contributed by atoms with Gasteiger partial charge in [0.05, 0.1) is 27.8 Å². The summed E-state index contributed by atoms with van der Waals surface area (Å²) in [6, 6.07) is 5.13. The zero-order chi connectivity index (χ0) is 14.7. The Hall–Kier alpha value is -2.24. The van der Waals surface area contributed by atoms with Gasteiger partial charge in [0, 0.05) is 0 Å². The molecule has 2 rings (SSSR count). The van der Waals surface area contributed by atoms with Crippen molar-refractivity contribution in [3.8, 4) is 11.5 Å². The zero-order valence-electron chi connectivity index (χ0n) is 11.5. The fourth-order valence-corrected chi connectivity index (χ4v) is 2.25. The van der Waals surface area contributed by atoms with Gasteiger partial charge in [0.1, 0.15) is 12.0 Å². The van der Waals surface area contributed by atoms with Crippen LogP contribution in [0.1, 0.15) is 18.1 Å². The fourth-order valence-electron chi connectivity index (χ4n) is 2.25. The SMILES string of the molecule is COC(=O)[C@@H]1CC(=O)O[C@H]1c1ccc(OC)c(OC)c1. The Morgan fingerprint density at radius 2 is 1.90 bits per heavy atom. The molecule has 0 amide bonds. The molecule has 20 heavy (non-hydrogen) atoms. The lowest BCUT2D eigenvalue weighted by Gasteiger charge is -2.17. The standard InChI is InChI=1S/C14H16O6/c1-17-10-5-4-8(6-11(10)18-2)13-9(14(16)19-3)7-12(15)20-13/h4-6,9,13H,7H2,1-3H3/t9-,13+/m1/s1. The van der Waals surface area contributed by atoms with Gasteiger partial charge in [-0.15, -0.1) is 0 Å². The second-order valence-electron chi connectivity index (χ2n) is 4.36. The summed E-state index contributed by atoms with van der Waals surface area (Å²) in [4.78, 5) is 23.2. The number of benzene rings is 1. The summed E-state index contributed by atoms with van der Waals surface area (Å²) >= 11 is 0. The van der Waals surface area contributed by atoms with E-state index in [2.05, 4.69) is 0 Å². The second-order valence-corrected chi connectivity index (χ2v) is 4.36. The summed E-state index contributed by atoms with van der Waals surface area (Å²) < 4.78 is 20.3. The highest BCUT2D eigenvalue weighted by molar-refractivity contribution is 5.83. The Balaban J connectivity index is 2.34. The molecule has 2 atom stereocenters. The maximum Gasteiger partial charge on any atom is 0.313 e. The number of ether oxygens (including phenoxy) is 4. The molecular weight excluding hydrogens is 264 g/mol. The molecule has 108 valence electrons. The minimum atomic E-state index is -0.658. The zero-order valence-corrected chi connectivity index (χ0v) is 11.5. The number of rotatable bonds is 4. The highest BCUT2D eigenvalue weighted by Crippen LogP contribution is 2.39. The molecule has 1 aromatic rings. The van der Waals surface area contributed by atoms with E-state index in [4.69, 9.17) is 18.9 Å². The molecule has 0 aromatic heterocycles. The first-order valence-corrected chi connectivity index (χ1v) is 6.10. The quantitative estimate of drug-likeness (QED) is 0.778. The Kier molecular flexibility index (Phi) is 4.12. The lowest BCUT2D eigenvalue weighted by atomic mass is 9.95. The molecule has 6 heteroatoms. The van der Waals surface area contributed by atoms with Crippen molar-refractivity contribution in [2.75, 3.05) is 21.3 Å². The average Bonchev–Trinajstić information content (AvgIpc) is 2.87. The Morgan fingerprint density at radius 3 is 2.50 bits per heavy atom. The van der Waals surface area contributed by atoms with Gasteiger partial charge in [0.25, 0.3) is 0 Å². The second kappa shape index (κ2) is 5.81. The van der Waals surface area contributed by atoms with E-state index < -0.39 is 24.0 Å². The number of hydrogen-bond acceptors (Lipinski definition) is 6. The van der Waals surface area contributed by atoms with E-state index in [0.29, 0.717) is 17.1 Å².